The standard InChI is InChI=1S/C4H10NO/c5-3-1-2-4-6/h5-6H,1-4H2. The maximum atomic E-state index is 8.11. The Kier molecular flexibility index (Phi) is 4.85. The number of unbranched alkanes of at least 4 members (excludes halogenated alkanes) is 1. The van der Waals surface area contributed by atoms with Gasteiger partial charge in [0.05, 0.1) is 0 Å². The zero-order valence-corrected chi connectivity index (χ0v) is 3.78. The lowest BCUT2D eigenvalue weighted by atomic mass is 10.3. The van der Waals surface area contributed by atoms with E-state index >= 15 is 0 Å². The molecule has 0 aromatic heterocycles. The van der Waals surface area contributed by atoms with Gasteiger partial charge in [0.1, 0.15) is 0 Å². The van der Waals surface area contributed by atoms with Crippen LogP contribution in [0.25, 0.3) is 0 Å². The summed E-state index contributed by atoms with van der Waals surface area (Å²) in [6.45, 7) is 0.680. The molecule has 0 atom stereocenters. The molecule has 2 nitrogen and oxygen atoms in total. The second kappa shape index (κ2) is 4.92. The molecule has 2 heteroatoms. The summed E-state index contributed by atoms with van der Waals surface area (Å²) in [4.78, 5) is 0. The van der Waals surface area contributed by atoms with Gasteiger partial charge in [0.25, 0.3) is 0 Å². The molecule has 0 saturated carbocycles. The van der Waals surface area contributed by atoms with Crippen LogP contribution in [0, 0.1) is 0 Å². The third kappa shape index (κ3) is 3.92. The molecule has 0 saturated heterocycles. The van der Waals surface area contributed by atoms with Crippen molar-refractivity contribution in [3.63, 3.8) is 0 Å². The first-order valence-electron chi connectivity index (χ1n) is 2.17. The van der Waals surface area contributed by atoms with Crippen LogP contribution in [0.5, 0.6) is 0 Å². The first kappa shape index (κ1) is 5.92. The predicted octanol–water partition coefficient (Wildman–Crippen LogP) is 0.0418. The highest BCUT2D eigenvalue weighted by Gasteiger charge is 1.77. The van der Waals surface area contributed by atoms with E-state index in [4.69, 9.17) is 10.8 Å². The average molecular weight is 88.1 g/mol. The van der Waals surface area contributed by atoms with Crippen LogP contribution < -0.4 is 5.73 Å². The van der Waals surface area contributed by atoms with Crippen LogP contribution in [0.1, 0.15) is 12.8 Å². The molecule has 0 aromatic rings. The van der Waals surface area contributed by atoms with Gasteiger partial charge < -0.3 is 5.11 Å². The van der Waals surface area contributed by atoms with Gasteiger partial charge in [-0.25, -0.2) is 0 Å². The monoisotopic (exact) mass is 88.1 g/mol. The molecule has 0 amide bonds. The molecule has 1 radical (unpaired) electrons. The van der Waals surface area contributed by atoms with Crippen LogP contribution in [0.3, 0.4) is 0 Å². The minimum atomic E-state index is 0.235. The van der Waals surface area contributed by atoms with E-state index in [1.165, 1.54) is 0 Å². The number of aliphatic hydroxyl groups excluding tert-OH is 1. The summed E-state index contributed by atoms with van der Waals surface area (Å²) in [5.74, 6) is 0. The molecule has 0 spiro atoms. The molecule has 0 aromatic carbocycles. The first-order chi connectivity index (χ1) is 2.91. The summed E-state index contributed by atoms with van der Waals surface area (Å²) in [7, 11) is 0. The van der Waals surface area contributed by atoms with Gasteiger partial charge >= 0.3 is 0 Å². The van der Waals surface area contributed by atoms with Crippen molar-refractivity contribution in [3.8, 4) is 0 Å². The molecule has 0 unspecified atom stereocenters. The molecule has 0 bridgehead atoms. The molecule has 6 heavy (non-hydrogen) atoms. The molecule has 2 N–H and O–H groups in total. The lowest BCUT2D eigenvalue weighted by molar-refractivity contribution is 0.285. The Morgan fingerprint density at radius 2 is 2.00 bits per heavy atom. The molecular weight excluding hydrogens is 78.0 g/mol. The van der Waals surface area contributed by atoms with Gasteiger partial charge in [-0.3, -0.25) is 5.73 Å². The Morgan fingerprint density at radius 3 is 2.17 bits per heavy atom. The van der Waals surface area contributed by atoms with E-state index in [-0.39, 0.29) is 6.61 Å². The predicted molar refractivity (Wildman–Crippen MR) is 24.3 cm³/mol. The van der Waals surface area contributed by atoms with Crippen molar-refractivity contribution >= 4 is 0 Å². The number of hydrogen-bond donors (Lipinski definition) is 1. The average Bonchev–Trinajstić information content (AvgIpc) is 1.61. The Balaban J connectivity index is 2.34. The fourth-order valence-electron chi connectivity index (χ4n) is 0.237. The molecule has 0 fully saturated rings. The molecule has 0 aliphatic carbocycles. The van der Waals surface area contributed by atoms with Crippen molar-refractivity contribution in [2.45, 2.75) is 12.8 Å². The zero-order valence-electron chi connectivity index (χ0n) is 3.78. The van der Waals surface area contributed by atoms with Gasteiger partial charge in [-0.1, -0.05) is 0 Å². The number of hydrogen-bond acceptors (Lipinski definition) is 1. The fourth-order valence-corrected chi connectivity index (χ4v) is 0.237. The van der Waals surface area contributed by atoms with E-state index in [0.29, 0.717) is 6.54 Å². The number of aliphatic hydroxyl groups is 1. The number of rotatable bonds is 3. The highest BCUT2D eigenvalue weighted by molar-refractivity contribution is 4.34. The SMILES string of the molecule is [NH]CCCCO. The van der Waals surface area contributed by atoms with Crippen LogP contribution in [-0.4, -0.2) is 18.3 Å². The molecule has 0 aliphatic heterocycles. The second-order valence-electron chi connectivity index (χ2n) is 1.18. The topological polar surface area (TPSA) is 44.0 Å². The van der Waals surface area contributed by atoms with Gasteiger partial charge in [0.2, 0.25) is 0 Å². The van der Waals surface area contributed by atoms with Crippen LogP contribution in [0.15, 0.2) is 0 Å². The first-order valence-corrected chi connectivity index (χ1v) is 2.17. The Bertz CT molecular complexity index is 19.5. The smallest absolute Gasteiger partial charge is 0.0431 e. The summed E-state index contributed by atoms with van der Waals surface area (Å²) in [6, 6.07) is 0. The zero-order chi connectivity index (χ0) is 4.83. The third-order valence-electron chi connectivity index (χ3n) is 0.585. The van der Waals surface area contributed by atoms with Gasteiger partial charge in [0, 0.05) is 13.2 Å². The van der Waals surface area contributed by atoms with Crippen molar-refractivity contribution in [2.24, 2.45) is 0 Å². The molecule has 0 aliphatic rings. The number of nitrogens with one attached hydrogen (secondary N) is 1. The molecule has 0 heterocycles. The van der Waals surface area contributed by atoms with Crippen molar-refractivity contribution in [3.05, 3.63) is 0 Å². The summed E-state index contributed by atoms with van der Waals surface area (Å²) in [6.07, 6.45) is 1.61. The van der Waals surface area contributed by atoms with E-state index in [9.17, 15) is 0 Å². The normalized spacial score (nSPS) is 9.00. The van der Waals surface area contributed by atoms with Crippen LogP contribution in [-0.2, 0) is 0 Å². The fraction of sp³-hybridized carbons (Fsp3) is 1.00. The summed E-state index contributed by atoms with van der Waals surface area (Å²) < 4.78 is 0. The van der Waals surface area contributed by atoms with Crippen molar-refractivity contribution in [1.29, 1.82) is 0 Å². The van der Waals surface area contributed by atoms with Crippen LogP contribution in [0.2, 0.25) is 0 Å². The maximum Gasteiger partial charge on any atom is 0.0431 e. The third-order valence-corrected chi connectivity index (χ3v) is 0.585. The molecule has 0 rings (SSSR count). The van der Waals surface area contributed by atoms with Crippen molar-refractivity contribution in [2.75, 3.05) is 13.2 Å². The highest BCUT2D eigenvalue weighted by atomic mass is 16.2. The quantitative estimate of drug-likeness (QED) is 0.486. The molecule has 37 valence electrons. The summed E-state index contributed by atoms with van der Waals surface area (Å²) in [5, 5.41) is 8.11. The van der Waals surface area contributed by atoms with Crippen molar-refractivity contribution < 1.29 is 5.11 Å². The second-order valence-corrected chi connectivity index (χ2v) is 1.18. The Labute approximate surface area is 38.0 Å². The lowest BCUT2D eigenvalue weighted by Crippen LogP contribution is -1.87. The van der Waals surface area contributed by atoms with Gasteiger partial charge in [-0.15, -0.1) is 0 Å². The van der Waals surface area contributed by atoms with Gasteiger partial charge in [0.15, 0.2) is 0 Å². The minimum absolute atomic E-state index is 0.235. The van der Waals surface area contributed by atoms with E-state index in [2.05, 4.69) is 0 Å². The van der Waals surface area contributed by atoms with E-state index in [1.54, 1.807) is 0 Å². The summed E-state index contributed by atoms with van der Waals surface area (Å²) >= 11 is 0. The van der Waals surface area contributed by atoms with Gasteiger partial charge in [-0.05, 0) is 12.8 Å². The molecular formula is C4H10NO. The minimum Gasteiger partial charge on any atom is -0.396 e. The van der Waals surface area contributed by atoms with E-state index in [0.717, 1.165) is 12.8 Å². The lowest BCUT2D eigenvalue weighted by Gasteiger charge is -1.85. The highest BCUT2D eigenvalue weighted by Crippen LogP contribution is 1.80. The Morgan fingerprint density at radius 1 is 1.33 bits per heavy atom. The Hall–Kier alpha value is -0.0800. The van der Waals surface area contributed by atoms with Gasteiger partial charge in [-0.2, -0.15) is 0 Å². The summed E-state index contributed by atoms with van der Waals surface area (Å²) in [5.41, 5.74) is 6.59. The van der Waals surface area contributed by atoms with E-state index in [1.807, 2.05) is 0 Å². The van der Waals surface area contributed by atoms with Crippen molar-refractivity contribution in [1.82, 2.24) is 5.73 Å². The maximum absolute atomic E-state index is 8.11. The largest absolute Gasteiger partial charge is 0.396 e. The van der Waals surface area contributed by atoms with E-state index < -0.39 is 0 Å². The van der Waals surface area contributed by atoms with Crippen LogP contribution >= 0.6 is 0 Å². The van der Waals surface area contributed by atoms with Crippen LogP contribution in [0.4, 0.5) is 0 Å².